The van der Waals surface area contributed by atoms with Crippen molar-refractivity contribution < 1.29 is 14.3 Å². The maximum atomic E-state index is 12.9. The Bertz CT molecular complexity index is 839. The molecular weight excluding hydrogens is 330 g/mol. The van der Waals surface area contributed by atoms with E-state index in [2.05, 4.69) is 10.3 Å². The van der Waals surface area contributed by atoms with Gasteiger partial charge in [-0.25, -0.2) is 4.98 Å². The van der Waals surface area contributed by atoms with Crippen molar-refractivity contribution in [2.75, 3.05) is 19.7 Å². The molecule has 4 rings (SSSR count). The fourth-order valence-corrected chi connectivity index (χ4v) is 3.87. The van der Waals surface area contributed by atoms with Crippen LogP contribution in [0, 0.1) is 6.92 Å². The maximum absolute atomic E-state index is 12.9. The fourth-order valence-electron chi connectivity index (χ4n) is 3.87. The highest BCUT2D eigenvalue weighted by atomic mass is 16.5. The van der Waals surface area contributed by atoms with Gasteiger partial charge in [-0.15, -0.1) is 0 Å². The number of nitrogens with zero attached hydrogens (tertiary/aromatic N) is 2. The largest absolute Gasteiger partial charge is 0.364 e. The third kappa shape index (κ3) is 2.86. The van der Waals surface area contributed by atoms with E-state index in [1.54, 1.807) is 11.0 Å². The molecule has 0 unspecified atom stereocenters. The van der Waals surface area contributed by atoms with Crippen LogP contribution in [0.3, 0.4) is 0 Å². The number of carbonyl (C=O) groups is 2. The Morgan fingerprint density at radius 1 is 1.23 bits per heavy atom. The van der Waals surface area contributed by atoms with Crippen LogP contribution in [0.4, 0.5) is 0 Å². The van der Waals surface area contributed by atoms with E-state index in [0.717, 1.165) is 11.3 Å². The van der Waals surface area contributed by atoms with E-state index in [1.165, 1.54) is 0 Å². The molecule has 2 aliphatic heterocycles. The number of carbonyl (C=O) groups excluding carboxylic acids is 2. The molecule has 26 heavy (non-hydrogen) atoms. The molecule has 0 radical (unpaired) electrons. The third-order valence-electron chi connectivity index (χ3n) is 5.17. The number of morpholine rings is 1. The number of amides is 2. The van der Waals surface area contributed by atoms with Gasteiger partial charge in [-0.05, 0) is 31.0 Å². The first-order valence-electron chi connectivity index (χ1n) is 8.79. The molecule has 2 fully saturated rings. The lowest BCUT2D eigenvalue weighted by molar-refractivity contribution is -0.150. The first-order valence-corrected chi connectivity index (χ1v) is 8.79. The van der Waals surface area contributed by atoms with Crippen molar-refractivity contribution >= 4 is 11.8 Å². The number of piperidine rings is 1. The molecule has 2 atom stereocenters. The van der Waals surface area contributed by atoms with Crippen LogP contribution in [-0.4, -0.2) is 47.5 Å². The molecule has 3 heterocycles. The van der Waals surface area contributed by atoms with Gasteiger partial charge in [-0.1, -0.05) is 36.4 Å². The molecule has 1 aromatic carbocycles. The summed E-state index contributed by atoms with van der Waals surface area (Å²) in [5, 5.41) is 3.14. The van der Waals surface area contributed by atoms with Gasteiger partial charge in [0, 0.05) is 18.8 Å². The van der Waals surface area contributed by atoms with Crippen molar-refractivity contribution in [2.45, 2.75) is 25.0 Å². The second-order valence-corrected chi connectivity index (χ2v) is 6.85. The molecule has 6 nitrogen and oxygen atoms in total. The van der Waals surface area contributed by atoms with Crippen molar-refractivity contribution in [1.82, 2.24) is 15.2 Å². The van der Waals surface area contributed by atoms with E-state index < -0.39 is 5.54 Å². The quantitative estimate of drug-likeness (QED) is 0.893. The molecule has 0 bridgehead atoms. The third-order valence-corrected chi connectivity index (χ3v) is 5.17. The summed E-state index contributed by atoms with van der Waals surface area (Å²) < 4.78 is 5.87. The zero-order chi connectivity index (χ0) is 18.1. The zero-order valence-electron chi connectivity index (χ0n) is 14.6. The van der Waals surface area contributed by atoms with E-state index in [1.807, 2.05) is 49.4 Å². The molecule has 1 N–H and O–H groups in total. The number of hydrogen-bond donors (Lipinski definition) is 1. The van der Waals surface area contributed by atoms with Crippen molar-refractivity contribution in [3.63, 3.8) is 0 Å². The summed E-state index contributed by atoms with van der Waals surface area (Å²) in [6.45, 7) is 2.84. The van der Waals surface area contributed by atoms with Crippen LogP contribution in [0.1, 0.15) is 28.2 Å². The Balaban J connectivity index is 1.61. The van der Waals surface area contributed by atoms with Gasteiger partial charge < -0.3 is 15.0 Å². The Morgan fingerprint density at radius 2 is 2.04 bits per heavy atom. The van der Waals surface area contributed by atoms with E-state index in [-0.39, 0.29) is 24.5 Å². The fraction of sp³-hybridized carbons (Fsp3) is 0.350. The average molecular weight is 351 g/mol. The van der Waals surface area contributed by atoms with Crippen molar-refractivity contribution in [3.8, 4) is 0 Å². The first kappa shape index (κ1) is 16.7. The molecular formula is C20H21N3O3. The van der Waals surface area contributed by atoms with Crippen LogP contribution in [0.25, 0.3) is 0 Å². The SMILES string of the molecule is Cc1cccc(C(=O)N2CC[C@@]3(c4ccccc4)NC(=O)CO[C@@H]3C2)n1. The van der Waals surface area contributed by atoms with E-state index in [9.17, 15) is 9.59 Å². The minimum Gasteiger partial charge on any atom is -0.364 e. The van der Waals surface area contributed by atoms with Crippen molar-refractivity contribution in [2.24, 2.45) is 0 Å². The predicted molar refractivity (Wildman–Crippen MR) is 95.5 cm³/mol. The predicted octanol–water partition coefficient (Wildman–Crippen LogP) is 1.65. The summed E-state index contributed by atoms with van der Waals surface area (Å²) in [4.78, 5) is 31.0. The van der Waals surface area contributed by atoms with Crippen molar-refractivity contribution in [3.05, 3.63) is 65.5 Å². The van der Waals surface area contributed by atoms with Gasteiger partial charge in [0.1, 0.15) is 18.4 Å². The average Bonchev–Trinajstić information content (AvgIpc) is 2.67. The first-order chi connectivity index (χ1) is 12.6. The maximum Gasteiger partial charge on any atom is 0.272 e. The molecule has 2 amide bonds. The highest BCUT2D eigenvalue weighted by Crippen LogP contribution is 2.37. The van der Waals surface area contributed by atoms with E-state index in [4.69, 9.17) is 4.74 Å². The molecule has 2 saturated heterocycles. The van der Waals surface area contributed by atoms with Gasteiger partial charge in [0.05, 0.1) is 5.54 Å². The molecule has 0 aliphatic carbocycles. The monoisotopic (exact) mass is 351 g/mol. The number of pyridine rings is 1. The molecule has 1 aromatic heterocycles. The number of rotatable bonds is 2. The number of nitrogens with one attached hydrogen (secondary N) is 1. The normalized spacial score (nSPS) is 25.3. The summed E-state index contributed by atoms with van der Waals surface area (Å²) in [5.74, 6) is -0.221. The lowest BCUT2D eigenvalue weighted by atomic mass is 9.77. The van der Waals surface area contributed by atoms with Crippen LogP contribution in [0.15, 0.2) is 48.5 Å². The Hall–Kier alpha value is -2.73. The molecule has 134 valence electrons. The summed E-state index contributed by atoms with van der Waals surface area (Å²) in [6, 6.07) is 15.3. The minimum absolute atomic E-state index is 0.0178. The van der Waals surface area contributed by atoms with Crippen LogP contribution in [0.2, 0.25) is 0 Å². The van der Waals surface area contributed by atoms with Crippen molar-refractivity contribution in [1.29, 1.82) is 0 Å². The number of benzene rings is 1. The van der Waals surface area contributed by atoms with E-state index >= 15 is 0 Å². The highest BCUT2D eigenvalue weighted by molar-refractivity contribution is 5.92. The van der Waals surface area contributed by atoms with Crippen LogP contribution < -0.4 is 5.32 Å². The lowest BCUT2D eigenvalue weighted by Crippen LogP contribution is -2.67. The summed E-state index contributed by atoms with van der Waals surface area (Å²) in [6.07, 6.45) is 0.315. The standard InChI is InChI=1S/C20H21N3O3/c1-14-6-5-9-16(21-14)19(25)23-11-10-20(15-7-3-2-4-8-15)17(12-23)26-13-18(24)22-20/h2-9,17H,10-13H2,1H3,(H,22,24)/t17-,20+/m1/s1. The molecule has 0 saturated carbocycles. The van der Waals surface area contributed by atoms with Crippen LogP contribution >= 0.6 is 0 Å². The van der Waals surface area contributed by atoms with E-state index in [0.29, 0.717) is 25.2 Å². The number of hydrogen-bond acceptors (Lipinski definition) is 4. The number of ether oxygens (including phenoxy) is 1. The smallest absolute Gasteiger partial charge is 0.272 e. The van der Waals surface area contributed by atoms with Gasteiger partial charge in [-0.2, -0.15) is 0 Å². The number of fused-ring (bicyclic) bond motifs is 1. The summed E-state index contributed by atoms with van der Waals surface area (Å²) in [5.41, 5.74) is 1.68. The number of likely N-dealkylation sites (tertiary alicyclic amines) is 1. The van der Waals surface area contributed by atoms with Gasteiger partial charge in [0.25, 0.3) is 5.91 Å². The molecule has 2 aromatic rings. The Kier molecular flexibility index (Phi) is 4.20. The Morgan fingerprint density at radius 3 is 2.81 bits per heavy atom. The molecule has 0 spiro atoms. The zero-order valence-corrected chi connectivity index (χ0v) is 14.6. The van der Waals surface area contributed by atoms with Crippen LogP contribution in [0.5, 0.6) is 0 Å². The Labute approximate surface area is 152 Å². The van der Waals surface area contributed by atoms with Gasteiger partial charge in [0.2, 0.25) is 5.91 Å². The second-order valence-electron chi connectivity index (χ2n) is 6.85. The summed E-state index contributed by atoms with van der Waals surface area (Å²) >= 11 is 0. The van der Waals surface area contributed by atoms with Gasteiger partial charge >= 0.3 is 0 Å². The second kappa shape index (κ2) is 6.53. The lowest BCUT2D eigenvalue weighted by Gasteiger charge is -2.50. The number of aromatic nitrogens is 1. The number of aryl methyl sites for hydroxylation is 1. The molecule has 6 heteroatoms. The molecule has 2 aliphatic rings. The van der Waals surface area contributed by atoms with Gasteiger partial charge in [0.15, 0.2) is 0 Å². The highest BCUT2D eigenvalue weighted by Gasteiger charge is 2.49. The minimum atomic E-state index is -0.590. The van der Waals surface area contributed by atoms with Gasteiger partial charge in [-0.3, -0.25) is 9.59 Å². The van der Waals surface area contributed by atoms with Crippen LogP contribution in [-0.2, 0) is 15.1 Å². The summed E-state index contributed by atoms with van der Waals surface area (Å²) in [7, 11) is 0. The topological polar surface area (TPSA) is 71.5 Å².